The van der Waals surface area contributed by atoms with Crippen LogP contribution in [0.3, 0.4) is 0 Å². The second kappa shape index (κ2) is 7.48. The number of hydrogen-bond acceptors (Lipinski definition) is 5. The Hall–Kier alpha value is -2.01. The lowest BCUT2D eigenvalue weighted by Gasteiger charge is -2.27. The van der Waals surface area contributed by atoms with Crippen LogP contribution in [0.15, 0.2) is 29.8 Å². The molecule has 1 aliphatic rings. The van der Waals surface area contributed by atoms with Gasteiger partial charge in [-0.2, -0.15) is 5.26 Å². The SMILES string of the molecule is CC(C)N(C(=O)/C(C#N)=C/C1CCOC1)c1ccc2[nH]c(=S)sc2c1. The van der Waals surface area contributed by atoms with Gasteiger partial charge in [0.25, 0.3) is 5.91 Å². The van der Waals surface area contributed by atoms with Crippen LogP contribution in [0, 0.1) is 21.2 Å². The Morgan fingerprint density at radius 2 is 2.36 bits per heavy atom. The number of amides is 1. The number of nitriles is 1. The van der Waals surface area contributed by atoms with Gasteiger partial charge in [-0.15, -0.1) is 11.3 Å². The monoisotopic (exact) mass is 373 g/mol. The number of carbonyl (C=O) groups is 1. The zero-order valence-corrected chi connectivity index (χ0v) is 15.7. The average Bonchev–Trinajstić information content (AvgIpc) is 3.20. The van der Waals surface area contributed by atoms with E-state index >= 15 is 0 Å². The highest BCUT2D eigenvalue weighted by Gasteiger charge is 2.25. The maximum absolute atomic E-state index is 13.0. The molecule has 0 aliphatic carbocycles. The maximum atomic E-state index is 13.0. The molecule has 1 saturated heterocycles. The Bertz CT molecular complexity index is 914. The number of anilines is 1. The van der Waals surface area contributed by atoms with E-state index < -0.39 is 0 Å². The number of carbonyl (C=O) groups excluding carboxylic acids is 1. The van der Waals surface area contributed by atoms with E-state index in [1.54, 1.807) is 11.0 Å². The number of aromatic nitrogens is 1. The molecule has 1 unspecified atom stereocenters. The Morgan fingerprint density at radius 1 is 1.56 bits per heavy atom. The van der Waals surface area contributed by atoms with Gasteiger partial charge < -0.3 is 14.6 Å². The van der Waals surface area contributed by atoms with Gasteiger partial charge >= 0.3 is 0 Å². The third-order valence-electron chi connectivity index (χ3n) is 4.14. The number of aromatic amines is 1. The van der Waals surface area contributed by atoms with Crippen LogP contribution < -0.4 is 4.90 Å². The largest absolute Gasteiger partial charge is 0.381 e. The number of rotatable bonds is 4. The number of fused-ring (bicyclic) bond motifs is 1. The van der Waals surface area contributed by atoms with Crippen molar-refractivity contribution in [2.75, 3.05) is 18.1 Å². The van der Waals surface area contributed by atoms with E-state index in [2.05, 4.69) is 11.1 Å². The van der Waals surface area contributed by atoms with E-state index in [1.807, 2.05) is 32.0 Å². The van der Waals surface area contributed by atoms with Gasteiger partial charge in [-0.25, -0.2) is 0 Å². The molecule has 0 spiro atoms. The quantitative estimate of drug-likeness (QED) is 0.496. The minimum absolute atomic E-state index is 0.0755. The molecule has 25 heavy (non-hydrogen) atoms. The number of hydrogen-bond donors (Lipinski definition) is 1. The number of nitrogens with zero attached hydrogens (tertiary/aromatic N) is 2. The van der Waals surface area contributed by atoms with Gasteiger partial charge in [-0.1, -0.05) is 6.08 Å². The molecule has 1 amide bonds. The zero-order valence-electron chi connectivity index (χ0n) is 14.1. The summed E-state index contributed by atoms with van der Waals surface area (Å²) < 4.78 is 7.03. The van der Waals surface area contributed by atoms with E-state index in [4.69, 9.17) is 17.0 Å². The number of benzene rings is 1. The van der Waals surface area contributed by atoms with Crippen molar-refractivity contribution in [1.29, 1.82) is 5.26 Å². The minimum Gasteiger partial charge on any atom is -0.381 e. The summed E-state index contributed by atoms with van der Waals surface area (Å²) in [5, 5.41) is 9.49. The van der Waals surface area contributed by atoms with Crippen molar-refractivity contribution in [2.24, 2.45) is 5.92 Å². The van der Waals surface area contributed by atoms with Crippen molar-refractivity contribution < 1.29 is 9.53 Å². The van der Waals surface area contributed by atoms with Gasteiger partial charge in [0.15, 0.2) is 3.95 Å². The van der Waals surface area contributed by atoms with Gasteiger partial charge in [-0.3, -0.25) is 4.79 Å². The first kappa shape index (κ1) is 17.8. The molecule has 2 aromatic rings. The Labute approximate surface area is 155 Å². The van der Waals surface area contributed by atoms with Gasteiger partial charge in [0.1, 0.15) is 11.6 Å². The fraction of sp³-hybridized carbons (Fsp3) is 0.389. The van der Waals surface area contributed by atoms with E-state index in [0.717, 1.165) is 22.3 Å². The second-order valence-electron chi connectivity index (χ2n) is 6.28. The standard InChI is InChI=1S/C18H19N3O2S2/c1-11(2)21(14-3-4-15-16(8-14)25-18(24)20-15)17(22)13(9-19)7-12-5-6-23-10-12/h3-4,7-8,11-12H,5-6,10H2,1-2H3,(H,20,24)/b13-7+. The molecule has 1 aromatic carbocycles. The topological polar surface area (TPSA) is 69.1 Å². The molecule has 5 nitrogen and oxygen atoms in total. The number of nitrogens with one attached hydrogen (secondary N) is 1. The predicted molar refractivity (Wildman–Crippen MR) is 102 cm³/mol. The molecule has 1 aromatic heterocycles. The summed E-state index contributed by atoms with van der Waals surface area (Å²) in [4.78, 5) is 17.8. The smallest absolute Gasteiger partial charge is 0.268 e. The zero-order chi connectivity index (χ0) is 18.0. The molecule has 3 rings (SSSR count). The second-order valence-corrected chi connectivity index (χ2v) is 8.00. The van der Waals surface area contributed by atoms with E-state index in [1.165, 1.54) is 11.3 Å². The van der Waals surface area contributed by atoms with Gasteiger partial charge in [-0.05, 0) is 50.7 Å². The van der Waals surface area contributed by atoms with Gasteiger partial charge in [0.2, 0.25) is 0 Å². The molecule has 0 saturated carbocycles. The fourth-order valence-electron chi connectivity index (χ4n) is 2.94. The summed E-state index contributed by atoms with van der Waals surface area (Å²) in [5.74, 6) is -0.146. The van der Waals surface area contributed by atoms with Crippen molar-refractivity contribution in [3.8, 4) is 6.07 Å². The first-order valence-corrected chi connectivity index (χ1v) is 9.38. The lowest BCUT2D eigenvalue weighted by atomic mass is 10.0. The van der Waals surface area contributed by atoms with Crippen LogP contribution in [0.5, 0.6) is 0 Å². The molecular formula is C18H19N3O2S2. The molecule has 130 valence electrons. The summed E-state index contributed by atoms with van der Waals surface area (Å²) in [6.07, 6.45) is 2.60. The summed E-state index contributed by atoms with van der Waals surface area (Å²) in [6, 6.07) is 7.73. The molecule has 7 heteroatoms. The first-order valence-electron chi connectivity index (χ1n) is 8.15. The highest BCUT2D eigenvalue weighted by Crippen LogP contribution is 2.28. The summed E-state index contributed by atoms with van der Waals surface area (Å²) in [6.45, 7) is 5.12. The van der Waals surface area contributed by atoms with Crippen molar-refractivity contribution in [3.05, 3.63) is 33.8 Å². The number of H-pyrrole nitrogens is 1. The van der Waals surface area contributed by atoms with Crippen LogP contribution in [0.25, 0.3) is 10.2 Å². The van der Waals surface area contributed by atoms with E-state index in [-0.39, 0.29) is 23.4 Å². The summed E-state index contributed by atoms with van der Waals surface area (Å²) in [5.41, 5.74) is 1.89. The van der Waals surface area contributed by atoms with Crippen molar-refractivity contribution >= 4 is 45.4 Å². The minimum atomic E-state index is -0.275. The Morgan fingerprint density at radius 3 is 3.00 bits per heavy atom. The lowest BCUT2D eigenvalue weighted by molar-refractivity contribution is -0.115. The predicted octanol–water partition coefficient (Wildman–Crippen LogP) is 4.19. The molecular weight excluding hydrogens is 354 g/mol. The highest BCUT2D eigenvalue weighted by molar-refractivity contribution is 7.73. The third-order valence-corrected chi connectivity index (χ3v) is 5.33. The third kappa shape index (κ3) is 3.82. The number of ether oxygens (including phenoxy) is 1. The Kier molecular flexibility index (Phi) is 5.33. The first-order chi connectivity index (χ1) is 12.0. The molecule has 2 heterocycles. The molecule has 1 aliphatic heterocycles. The van der Waals surface area contributed by atoms with Gasteiger partial charge in [0, 0.05) is 24.3 Å². The highest BCUT2D eigenvalue weighted by atomic mass is 32.1. The lowest BCUT2D eigenvalue weighted by Crippen LogP contribution is -2.38. The summed E-state index contributed by atoms with van der Waals surface area (Å²) in [7, 11) is 0. The van der Waals surface area contributed by atoms with E-state index in [9.17, 15) is 10.1 Å². The van der Waals surface area contributed by atoms with Crippen LogP contribution in [0.2, 0.25) is 0 Å². The van der Waals surface area contributed by atoms with Crippen LogP contribution in [-0.4, -0.2) is 30.1 Å². The van der Waals surface area contributed by atoms with Crippen LogP contribution in [0.4, 0.5) is 5.69 Å². The van der Waals surface area contributed by atoms with Crippen molar-refractivity contribution in [2.45, 2.75) is 26.3 Å². The van der Waals surface area contributed by atoms with E-state index in [0.29, 0.717) is 17.2 Å². The van der Waals surface area contributed by atoms with Crippen LogP contribution in [0.1, 0.15) is 20.3 Å². The maximum Gasteiger partial charge on any atom is 0.268 e. The summed E-state index contributed by atoms with van der Waals surface area (Å²) >= 11 is 6.66. The van der Waals surface area contributed by atoms with Crippen LogP contribution >= 0.6 is 23.6 Å². The van der Waals surface area contributed by atoms with Crippen LogP contribution in [-0.2, 0) is 9.53 Å². The normalized spacial score (nSPS) is 17.8. The number of thiazole rings is 1. The molecule has 1 N–H and O–H groups in total. The Balaban J connectivity index is 1.97. The molecule has 1 atom stereocenters. The fourth-order valence-corrected chi connectivity index (χ4v) is 4.09. The average molecular weight is 374 g/mol. The van der Waals surface area contributed by atoms with Crippen molar-refractivity contribution in [1.82, 2.24) is 4.98 Å². The van der Waals surface area contributed by atoms with Crippen molar-refractivity contribution in [3.63, 3.8) is 0 Å². The molecule has 0 bridgehead atoms. The van der Waals surface area contributed by atoms with Gasteiger partial charge in [0.05, 0.1) is 16.8 Å². The molecule has 1 fully saturated rings. The molecule has 0 radical (unpaired) electrons.